The monoisotopic (exact) mass is 1250 g/mol. The van der Waals surface area contributed by atoms with E-state index in [1.165, 1.54) is 59.0 Å². The van der Waals surface area contributed by atoms with Crippen molar-refractivity contribution >= 4 is 33.4 Å². The van der Waals surface area contributed by atoms with Crippen LogP contribution in [0.3, 0.4) is 0 Å². The standard InChI is InChI=1S/2C21H22N.C11H20O2.C5H8O2.2Ir/c1-5-16(4)18-7-6-8-21-19(18)9-10-20(22-21)17-12-14(2)11-15(3)13-17;1-5-16(4)19-13-21(17-11-14(2)10-15(3)12-17)22-20-9-7-6-8-18(19)20;1-10(2,3)8(12)7-9(13)11(4,5)6;1-4(6)3-5(2)7;;/h6-12,16H,5H2,1-4H3;6-11,13,16H,5H2,1-4H3;7,12H,1-6H3;3,6H,1-2H3;;/q2*-1;;;;. The quantitative estimate of drug-likeness (QED) is 0.0895. The van der Waals surface area contributed by atoms with E-state index in [4.69, 9.17) is 15.1 Å². The van der Waals surface area contributed by atoms with Gasteiger partial charge in [0.25, 0.3) is 0 Å². The first-order chi connectivity index (χ1) is 29.8. The number of rotatable bonds is 8. The van der Waals surface area contributed by atoms with E-state index in [1.807, 2.05) is 41.5 Å². The molecule has 0 bridgehead atoms. The van der Waals surface area contributed by atoms with E-state index in [2.05, 4.69) is 152 Å². The first kappa shape index (κ1) is 59.4. The van der Waals surface area contributed by atoms with Crippen LogP contribution in [-0.2, 0) is 49.8 Å². The van der Waals surface area contributed by atoms with Crippen molar-refractivity contribution in [2.24, 2.45) is 10.8 Å². The average Bonchev–Trinajstić information content (AvgIpc) is 3.21. The molecule has 0 saturated carbocycles. The maximum Gasteiger partial charge on any atom is 0.164 e. The van der Waals surface area contributed by atoms with Crippen LogP contribution in [0.5, 0.6) is 0 Å². The molecule has 0 aliphatic heterocycles. The van der Waals surface area contributed by atoms with Crippen molar-refractivity contribution < 1.29 is 60.0 Å². The molecule has 6 nitrogen and oxygen atoms in total. The molecular weight excluding hydrogens is 1170 g/mol. The Hall–Kier alpha value is -4.58. The van der Waals surface area contributed by atoms with E-state index in [0.29, 0.717) is 11.8 Å². The van der Waals surface area contributed by atoms with Crippen molar-refractivity contribution in [2.75, 3.05) is 0 Å². The molecule has 6 aromatic rings. The van der Waals surface area contributed by atoms with Gasteiger partial charge in [-0.15, -0.1) is 69.8 Å². The van der Waals surface area contributed by atoms with Gasteiger partial charge in [0.1, 0.15) is 5.76 Å². The number of hydrogen-bond donors (Lipinski definition) is 2. The van der Waals surface area contributed by atoms with Crippen LogP contribution in [-0.4, -0.2) is 31.7 Å². The summed E-state index contributed by atoms with van der Waals surface area (Å²) in [5, 5.41) is 20.5. The molecular formula is C58H72Ir2N2O4-2. The SMILES string of the molecule is CC(=O)C=C(C)O.CC(C)(C)C(=O)C=C(O)C(C)(C)C.CCC(C)c1cc(-c2[c-]c(C)cc(C)c2)nc2ccccc12.CCC(C)c1cccc2nc(-c3[c-]c(C)cc(C)c3)ccc12.[Ir].[Ir]. The normalized spacial score (nSPS) is 12.4. The predicted octanol–water partition coefficient (Wildman–Crippen LogP) is 15.8. The van der Waals surface area contributed by atoms with Crippen LogP contribution in [0.25, 0.3) is 44.3 Å². The van der Waals surface area contributed by atoms with Gasteiger partial charge >= 0.3 is 0 Å². The van der Waals surface area contributed by atoms with Gasteiger partial charge in [-0.3, -0.25) is 19.6 Å². The number of para-hydroxylation sites is 1. The molecule has 8 heteroatoms. The number of ketones is 2. The number of carbonyl (C=O) groups is 2. The Balaban J connectivity index is 0.000000468. The van der Waals surface area contributed by atoms with E-state index < -0.39 is 5.41 Å². The first-order valence-electron chi connectivity index (χ1n) is 22.5. The second-order valence-corrected chi connectivity index (χ2v) is 19.1. The molecule has 4 aromatic carbocycles. The van der Waals surface area contributed by atoms with Crippen LogP contribution in [0.2, 0.25) is 0 Å². The third-order valence-electron chi connectivity index (χ3n) is 10.8. The first-order valence-corrected chi connectivity index (χ1v) is 22.5. The Bertz CT molecular complexity index is 2550. The second kappa shape index (κ2) is 26.7. The largest absolute Gasteiger partial charge is 0.512 e. The minimum Gasteiger partial charge on any atom is -0.512 e. The number of aliphatic hydroxyl groups is 2. The third-order valence-corrected chi connectivity index (χ3v) is 10.8. The number of allylic oxidation sites excluding steroid dienone is 4. The van der Waals surface area contributed by atoms with Crippen molar-refractivity contribution in [3.63, 3.8) is 0 Å². The Morgan fingerprint density at radius 2 is 1.08 bits per heavy atom. The van der Waals surface area contributed by atoms with Crippen molar-refractivity contribution in [1.29, 1.82) is 0 Å². The molecule has 2 heterocycles. The van der Waals surface area contributed by atoms with E-state index >= 15 is 0 Å². The molecule has 2 radical (unpaired) electrons. The molecule has 0 saturated heterocycles. The third kappa shape index (κ3) is 18.2. The number of nitrogens with zero attached hydrogens (tertiary/aromatic N) is 2. The zero-order valence-electron chi connectivity index (χ0n) is 42.1. The molecule has 358 valence electrons. The predicted molar refractivity (Wildman–Crippen MR) is 270 cm³/mol. The average molecular weight is 1250 g/mol. The number of hydrogen-bond acceptors (Lipinski definition) is 6. The Labute approximate surface area is 423 Å². The van der Waals surface area contributed by atoms with Gasteiger partial charge in [-0.05, 0) is 73.2 Å². The molecule has 66 heavy (non-hydrogen) atoms. The van der Waals surface area contributed by atoms with E-state index in [-0.39, 0.29) is 68.7 Å². The number of aliphatic hydroxyl groups excluding tert-OH is 2. The summed E-state index contributed by atoms with van der Waals surface area (Å²) in [6.45, 7) is 31.4. The minimum absolute atomic E-state index is 0. The number of aryl methyl sites for hydroxylation is 4. The molecule has 2 unspecified atom stereocenters. The van der Waals surface area contributed by atoms with Gasteiger partial charge in [-0.1, -0.05) is 145 Å². The smallest absolute Gasteiger partial charge is 0.164 e. The maximum atomic E-state index is 11.5. The summed E-state index contributed by atoms with van der Waals surface area (Å²) in [6, 6.07) is 37.0. The minimum atomic E-state index is -0.417. The van der Waals surface area contributed by atoms with Crippen molar-refractivity contribution in [2.45, 2.75) is 135 Å². The zero-order valence-corrected chi connectivity index (χ0v) is 46.9. The number of carbonyl (C=O) groups excluding carboxylic acids is 2. The molecule has 6 rings (SSSR count). The topological polar surface area (TPSA) is 100 Å². The number of pyridine rings is 2. The van der Waals surface area contributed by atoms with Gasteiger partial charge in [0.2, 0.25) is 0 Å². The molecule has 0 aliphatic rings. The van der Waals surface area contributed by atoms with Gasteiger partial charge in [-0.2, -0.15) is 0 Å². The molecule has 0 spiro atoms. The second-order valence-electron chi connectivity index (χ2n) is 19.1. The molecule has 2 N–H and O–H groups in total. The fraction of sp³-hybridized carbons (Fsp3) is 0.379. The van der Waals surface area contributed by atoms with E-state index in [9.17, 15) is 14.7 Å². The molecule has 0 fully saturated rings. The summed E-state index contributed by atoms with van der Waals surface area (Å²) in [7, 11) is 0. The van der Waals surface area contributed by atoms with Crippen LogP contribution in [0.15, 0.2) is 109 Å². The summed E-state index contributed by atoms with van der Waals surface area (Å²) >= 11 is 0. The van der Waals surface area contributed by atoms with E-state index in [1.54, 1.807) is 0 Å². The number of fused-ring (bicyclic) bond motifs is 2. The number of benzene rings is 4. The van der Waals surface area contributed by atoms with Crippen LogP contribution < -0.4 is 0 Å². The van der Waals surface area contributed by atoms with Crippen LogP contribution in [0, 0.1) is 50.7 Å². The Morgan fingerprint density at radius 3 is 1.53 bits per heavy atom. The van der Waals surface area contributed by atoms with Gasteiger partial charge < -0.3 is 10.2 Å². The van der Waals surface area contributed by atoms with Crippen molar-refractivity contribution in [3.8, 4) is 22.5 Å². The van der Waals surface area contributed by atoms with Crippen LogP contribution in [0.1, 0.15) is 141 Å². The maximum absolute atomic E-state index is 11.5. The Kier molecular flexibility index (Phi) is 24.0. The zero-order chi connectivity index (χ0) is 48.1. The fourth-order valence-corrected chi connectivity index (χ4v) is 6.86. The van der Waals surface area contributed by atoms with Gasteiger partial charge in [0.05, 0.1) is 16.8 Å². The summed E-state index contributed by atoms with van der Waals surface area (Å²) in [5.41, 5.74) is 13.2. The van der Waals surface area contributed by atoms with E-state index in [0.717, 1.165) is 57.5 Å². The van der Waals surface area contributed by atoms with Gasteiger partial charge in [-0.25, -0.2) is 0 Å². The summed E-state index contributed by atoms with van der Waals surface area (Å²) in [6.07, 6.45) is 4.77. The molecule has 0 amide bonds. The summed E-state index contributed by atoms with van der Waals surface area (Å²) in [5.74, 6) is 1.13. The van der Waals surface area contributed by atoms with Crippen LogP contribution >= 0.6 is 0 Å². The van der Waals surface area contributed by atoms with Gasteiger partial charge in [0.15, 0.2) is 11.6 Å². The van der Waals surface area contributed by atoms with Crippen molar-refractivity contribution in [3.05, 3.63) is 154 Å². The summed E-state index contributed by atoms with van der Waals surface area (Å²) < 4.78 is 0. The fourth-order valence-electron chi connectivity index (χ4n) is 6.86. The molecule has 2 atom stereocenters. The summed E-state index contributed by atoms with van der Waals surface area (Å²) in [4.78, 5) is 31.3. The van der Waals surface area contributed by atoms with Gasteiger partial charge in [0, 0.05) is 74.0 Å². The van der Waals surface area contributed by atoms with Crippen molar-refractivity contribution in [1.82, 2.24) is 9.97 Å². The Morgan fingerprint density at radius 1 is 0.606 bits per heavy atom. The number of aromatic nitrogens is 2. The molecule has 0 aliphatic carbocycles. The molecule has 2 aromatic heterocycles. The van der Waals surface area contributed by atoms with Crippen LogP contribution in [0.4, 0.5) is 0 Å².